The van der Waals surface area contributed by atoms with Gasteiger partial charge in [0.25, 0.3) is 0 Å². The minimum Gasteiger partial charge on any atom is -0.497 e. The normalized spacial score (nSPS) is 11.2. The van der Waals surface area contributed by atoms with E-state index in [0.717, 1.165) is 22.4 Å². The molecule has 8 heteroatoms. The Balaban J connectivity index is 1.30. The second kappa shape index (κ2) is 10.6. The molecule has 0 aliphatic rings. The monoisotopic (exact) mass is 492 g/mol. The molecule has 1 aromatic heterocycles. The molecule has 3 aromatic carbocycles. The van der Waals surface area contributed by atoms with Gasteiger partial charge in [-0.2, -0.15) is 0 Å². The number of sulfone groups is 1. The quantitative estimate of drug-likeness (QED) is 0.325. The molecule has 0 atom stereocenters. The number of amides is 1. The van der Waals surface area contributed by atoms with E-state index in [1.165, 1.54) is 30.6 Å². The Kier molecular flexibility index (Phi) is 7.40. The Morgan fingerprint density at radius 3 is 2.24 bits per heavy atom. The fourth-order valence-electron chi connectivity index (χ4n) is 3.43. The largest absolute Gasteiger partial charge is 0.497 e. The van der Waals surface area contributed by atoms with Gasteiger partial charge >= 0.3 is 0 Å². The molecule has 0 spiro atoms. The van der Waals surface area contributed by atoms with Crippen molar-refractivity contribution in [3.63, 3.8) is 0 Å². The summed E-state index contributed by atoms with van der Waals surface area (Å²) in [6.45, 7) is 0. The molecule has 4 rings (SSSR count). The number of thiazole rings is 1. The zero-order valence-electron chi connectivity index (χ0n) is 18.6. The average Bonchev–Trinajstić information content (AvgIpc) is 3.33. The molecule has 1 heterocycles. The van der Waals surface area contributed by atoms with Crippen LogP contribution in [-0.4, -0.2) is 32.2 Å². The second-order valence-corrected chi connectivity index (χ2v) is 10.6. The number of nitrogens with one attached hydrogen (secondary N) is 1. The molecule has 174 valence electrons. The van der Waals surface area contributed by atoms with Gasteiger partial charge in [0.1, 0.15) is 5.75 Å². The van der Waals surface area contributed by atoms with Gasteiger partial charge < -0.3 is 10.1 Å². The Hall–Kier alpha value is -3.49. The smallest absolute Gasteiger partial charge is 0.226 e. The number of anilines is 1. The third kappa shape index (κ3) is 5.89. The Morgan fingerprint density at radius 2 is 1.56 bits per heavy atom. The number of carbonyl (C=O) groups is 1. The lowest BCUT2D eigenvalue weighted by atomic mass is 10.0. The molecule has 0 radical (unpaired) electrons. The summed E-state index contributed by atoms with van der Waals surface area (Å²) in [6, 6.07) is 24.5. The summed E-state index contributed by atoms with van der Waals surface area (Å²) in [5.74, 6) is 0.224. The maximum Gasteiger partial charge on any atom is 0.226 e. The van der Waals surface area contributed by atoms with Gasteiger partial charge in [-0.25, -0.2) is 13.4 Å². The third-order valence-corrected chi connectivity index (χ3v) is 7.85. The molecule has 4 aromatic rings. The molecule has 1 amide bonds. The number of benzene rings is 3. The summed E-state index contributed by atoms with van der Waals surface area (Å²) in [7, 11) is -1.94. The van der Waals surface area contributed by atoms with Crippen molar-refractivity contribution in [1.82, 2.24) is 4.98 Å². The van der Waals surface area contributed by atoms with E-state index < -0.39 is 9.84 Å². The SMILES string of the molecule is COc1ccc(S(=O)(=O)CCCC(=O)Nc2nc(-c3ccc(-c4ccccc4)cc3)cs2)cc1. The number of nitrogens with zero attached hydrogens (tertiary/aromatic N) is 1. The van der Waals surface area contributed by atoms with Crippen LogP contribution in [0.15, 0.2) is 89.1 Å². The van der Waals surface area contributed by atoms with E-state index in [1.807, 2.05) is 47.8 Å². The van der Waals surface area contributed by atoms with Crippen LogP contribution < -0.4 is 10.1 Å². The first kappa shape index (κ1) is 23.7. The number of carbonyl (C=O) groups excluding carboxylic acids is 1. The molecule has 1 N–H and O–H groups in total. The van der Waals surface area contributed by atoms with Gasteiger partial charge in [-0.3, -0.25) is 4.79 Å². The number of hydrogen-bond acceptors (Lipinski definition) is 6. The summed E-state index contributed by atoms with van der Waals surface area (Å²) in [5.41, 5.74) is 4.01. The highest BCUT2D eigenvalue weighted by Crippen LogP contribution is 2.28. The average molecular weight is 493 g/mol. The van der Waals surface area contributed by atoms with Crippen molar-refractivity contribution in [1.29, 1.82) is 0 Å². The molecule has 0 saturated heterocycles. The van der Waals surface area contributed by atoms with Crippen LogP contribution in [0.5, 0.6) is 5.75 Å². The van der Waals surface area contributed by atoms with E-state index in [1.54, 1.807) is 12.1 Å². The van der Waals surface area contributed by atoms with Crippen LogP contribution >= 0.6 is 11.3 Å². The first-order chi connectivity index (χ1) is 16.4. The number of rotatable bonds is 9. The number of ether oxygens (including phenoxy) is 1. The van der Waals surface area contributed by atoms with Crippen molar-refractivity contribution in [3.8, 4) is 28.1 Å². The zero-order chi connectivity index (χ0) is 24.0. The predicted octanol–water partition coefficient (Wildman–Crippen LogP) is 5.68. The van der Waals surface area contributed by atoms with Gasteiger partial charge in [-0.05, 0) is 41.8 Å². The van der Waals surface area contributed by atoms with E-state index in [4.69, 9.17) is 4.74 Å². The van der Waals surface area contributed by atoms with Crippen LogP contribution in [0.2, 0.25) is 0 Å². The van der Waals surface area contributed by atoms with Gasteiger partial charge in [-0.1, -0.05) is 54.6 Å². The van der Waals surface area contributed by atoms with Crippen molar-refractivity contribution < 1.29 is 17.9 Å². The first-order valence-corrected chi connectivity index (χ1v) is 13.3. The van der Waals surface area contributed by atoms with Crippen LogP contribution in [0.25, 0.3) is 22.4 Å². The van der Waals surface area contributed by atoms with E-state index in [2.05, 4.69) is 22.4 Å². The van der Waals surface area contributed by atoms with Crippen LogP contribution in [-0.2, 0) is 14.6 Å². The van der Waals surface area contributed by atoms with E-state index in [0.29, 0.717) is 10.9 Å². The van der Waals surface area contributed by atoms with E-state index in [9.17, 15) is 13.2 Å². The first-order valence-electron chi connectivity index (χ1n) is 10.7. The fourth-order valence-corrected chi connectivity index (χ4v) is 5.48. The number of hydrogen-bond donors (Lipinski definition) is 1. The summed E-state index contributed by atoms with van der Waals surface area (Å²) >= 11 is 1.34. The highest BCUT2D eigenvalue weighted by Gasteiger charge is 2.16. The Bertz CT molecular complexity index is 1350. The predicted molar refractivity (Wildman–Crippen MR) is 136 cm³/mol. The van der Waals surface area contributed by atoms with Crippen molar-refractivity contribution in [2.45, 2.75) is 17.7 Å². The summed E-state index contributed by atoms with van der Waals surface area (Å²) in [4.78, 5) is 17.0. The van der Waals surface area contributed by atoms with Crippen LogP contribution in [0, 0.1) is 0 Å². The van der Waals surface area contributed by atoms with Crippen LogP contribution in [0.3, 0.4) is 0 Å². The maximum atomic E-state index is 12.5. The minimum absolute atomic E-state index is 0.0933. The lowest BCUT2D eigenvalue weighted by Crippen LogP contribution is -2.14. The van der Waals surface area contributed by atoms with Crippen molar-refractivity contribution in [2.24, 2.45) is 0 Å². The summed E-state index contributed by atoms with van der Waals surface area (Å²) in [5, 5.41) is 5.15. The van der Waals surface area contributed by atoms with Gasteiger partial charge in [-0.15, -0.1) is 11.3 Å². The molecule has 6 nitrogen and oxygen atoms in total. The molecule has 0 fully saturated rings. The Morgan fingerprint density at radius 1 is 0.912 bits per heavy atom. The molecule has 0 aliphatic heterocycles. The van der Waals surface area contributed by atoms with E-state index >= 15 is 0 Å². The highest BCUT2D eigenvalue weighted by molar-refractivity contribution is 7.91. The molecule has 34 heavy (non-hydrogen) atoms. The van der Waals surface area contributed by atoms with E-state index in [-0.39, 0.29) is 29.4 Å². The Labute approximate surface area is 203 Å². The summed E-state index contributed by atoms with van der Waals surface area (Å²) < 4.78 is 30.0. The zero-order valence-corrected chi connectivity index (χ0v) is 20.2. The molecule has 0 saturated carbocycles. The summed E-state index contributed by atoms with van der Waals surface area (Å²) in [6.07, 6.45) is 0.315. The molecule has 0 unspecified atom stereocenters. The second-order valence-electron chi connectivity index (χ2n) is 7.63. The lowest BCUT2D eigenvalue weighted by Gasteiger charge is -2.06. The maximum absolute atomic E-state index is 12.5. The molecule has 0 aliphatic carbocycles. The third-order valence-electron chi connectivity index (χ3n) is 5.27. The number of methoxy groups -OCH3 is 1. The van der Waals surface area contributed by atoms with Crippen LogP contribution in [0.1, 0.15) is 12.8 Å². The fraction of sp³-hybridized carbons (Fsp3) is 0.154. The van der Waals surface area contributed by atoms with Gasteiger partial charge in [0.05, 0.1) is 23.5 Å². The standard InChI is InChI=1S/C26H24N2O4S2/c1-32-22-13-15-23(16-14-22)34(30,31)17-5-8-25(29)28-26-27-24(18-33-26)21-11-9-20(10-12-21)19-6-3-2-4-7-19/h2-4,6-7,9-16,18H,5,8,17H2,1H3,(H,27,28,29). The van der Waals surface area contributed by atoms with Crippen molar-refractivity contribution in [3.05, 3.63) is 84.2 Å². The molecular formula is C26H24N2O4S2. The van der Waals surface area contributed by atoms with Crippen molar-refractivity contribution >= 4 is 32.2 Å². The van der Waals surface area contributed by atoms with Crippen LogP contribution in [0.4, 0.5) is 5.13 Å². The van der Waals surface area contributed by atoms with Crippen molar-refractivity contribution in [2.75, 3.05) is 18.2 Å². The molecular weight excluding hydrogens is 468 g/mol. The van der Waals surface area contributed by atoms with Gasteiger partial charge in [0.2, 0.25) is 5.91 Å². The minimum atomic E-state index is -3.46. The lowest BCUT2D eigenvalue weighted by molar-refractivity contribution is -0.116. The topological polar surface area (TPSA) is 85.4 Å². The number of aromatic nitrogens is 1. The van der Waals surface area contributed by atoms with Gasteiger partial charge in [0.15, 0.2) is 15.0 Å². The van der Waals surface area contributed by atoms with Gasteiger partial charge in [0, 0.05) is 17.4 Å². The molecule has 0 bridgehead atoms. The highest BCUT2D eigenvalue weighted by atomic mass is 32.2.